The van der Waals surface area contributed by atoms with E-state index >= 15 is 0 Å². The smallest absolute Gasteiger partial charge is 0.339 e. The molecule has 1 heterocycles. The van der Waals surface area contributed by atoms with E-state index in [4.69, 9.17) is 9.47 Å². The summed E-state index contributed by atoms with van der Waals surface area (Å²) in [5.74, 6) is -1.32. The van der Waals surface area contributed by atoms with E-state index in [0.29, 0.717) is 42.0 Å². The van der Waals surface area contributed by atoms with Crippen LogP contribution >= 0.6 is 0 Å². The third kappa shape index (κ3) is 6.37. The first-order valence-corrected chi connectivity index (χ1v) is 9.36. The quantitative estimate of drug-likeness (QED) is 0.677. The lowest BCUT2D eigenvalue weighted by atomic mass is 10.1. The molecule has 0 bridgehead atoms. The number of aryl methyl sites for hydroxylation is 1. The molecule has 0 unspecified atom stereocenters. The molecule has 28 heavy (non-hydrogen) atoms. The number of rotatable bonds is 8. The predicted molar refractivity (Wildman–Crippen MR) is 107 cm³/mol. The number of carbonyl (C=O) groups excluding carboxylic acids is 3. The second-order valence-electron chi connectivity index (χ2n) is 7.94. The lowest BCUT2D eigenvalue weighted by Crippen LogP contribution is -2.42. The first kappa shape index (κ1) is 23.7. The SMILES string of the molecule is CCc1[nH]c(C(=O)N(CCN(C)C)CC(=O)OC(C)(C)C)c(C)c1C(=O)OC. The average Bonchev–Trinajstić information content (AvgIpc) is 2.92. The minimum absolute atomic E-state index is 0.169. The van der Waals surface area contributed by atoms with Gasteiger partial charge in [-0.1, -0.05) is 6.92 Å². The van der Waals surface area contributed by atoms with Crippen molar-refractivity contribution in [3.8, 4) is 0 Å². The second kappa shape index (κ2) is 9.73. The number of esters is 2. The maximum absolute atomic E-state index is 13.2. The van der Waals surface area contributed by atoms with Crippen LogP contribution in [0.4, 0.5) is 0 Å². The Kier molecular flexibility index (Phi) is 8.23. The minimum Gasteiger partial charge on any atom is -0.465 e. The van der Waals surface area contributed by atoms with Crippen molar-refractivity contribution in [2.45, 2.75) is 46.6 Å². The van der Waals surface area contributed by atoms with Crippen molar-refractivity contribution in [2.24, 2.45) is 0 Å². The molecule has 1 rings (SSSR count). The highest BCUT2D eigenvalue weighted by Crippen LogP contribution is 2.22. The molecule has 0 saturated carbocycles. The van der Waals surface area contributed by atoms with Gasteiger partial charge in [-0.25, -0.2) is 4.79 Å². The first-order chi connectivity index (χ1) is 12.9. The molecule has 0 radical (unpaired) electrons. The van der Waals surface area contributed by atoms with Gasteiger partial charge in [0.15, 0.2) is 0 Å². The average molecular weight is 396 g/mol. The van der Waals surface area contributed by atoms with E-state index in [9.17, 15) is 14.4 Å². The molecule has 0 saturated heterocycles. The minimum atomic E-state index is -0.636. The van der Waals surface area contributed by atoms with Crippen LogP contribution in [0.15, 0.2) is 0 Å². The molecule has 0 aliphatic carbocycles. The summed E-state index contributed by atoms with van der Waals surface area (Å²) in [4.78, 5) is 44.0. The Morgan fingerprint density at radius 3 is 2.18 bits per heavy atom. The van der Waals surface area contributed by atoms with E-state index in [0.717, 1.165) is 0 Å². The largest absolute Gasteiger partial charge is 0.465 e. The third-order valence-corrected chi connectivity index (χ3v) is 4.13. The van der Waals surface area contributed by atoms with Crippen molar-refractivity contribution in [1.82, 2.24) is 14.8 Å². The lowest BCUT2D eigenvalue weighted by Gasteiger charge is -2.26. The van der Waals surface area contributed by atoms with Crippen molar-refractivity contribution in [1.29, 1.82) is 0 Å². The summed E-state index contributed by atoms with van der Waals surface area (Å²) >= 11 is 0. The van der Waals surface area contributed by atoms with Crippen LogP contribution in [0.2, 0.25) is 0 Å². The summed E-state index contributed by atoms with van der Waals surface area (Å²) in [6.45, 7) is 9.69. The number of ether oxygens (including phenoxy) is 2. The fourth-order valence-electron chi connectivity index (χ4n) is 2.78. The van der Waals surface area contributed by atoms with E-state index in [1.165, 1.54) is 12.0 Å². The molecule has 8 heteroatoms. The maximum Gasteiger partial charge on any atom is 0.339 e. The predicted octanol–water partition coefficient (Wildman–Crippen LogP) is 2.02. The molecule has 1 amide bonds. The summed E-state index contributed by atoms with van der Waals surface area (Å²) in [6.07, 6.45) is 0.544. The molecule has 8 nitrogen and oxygen atoms in total. The second-order valence-corrected chi connectivity index (χ2v) is 7.94. The fourth-order valence-corrected chi connectivity index (χ4v) is 2.78. The van der Waals surface area contributed by atoms with Gasteiger partial charge in [0.25, 0.3) is 5.91 Å². The Bertz CT molecular complexity index is 716. The lowest BCUT2D eigenvalue weighted by molar-refractivity contribution is -0.155. The molecule has 0 atom stereocenters. The van der Waals surface area contributed by atoms with Crippen LogP contribution in [0, 0.1) is 6.92 Å². The van der Waals surface area contributed by atoms with Crippen molar-refractivity contribution in [3.05, 3.63) is 22.5 Å². The number of aromatic nitrogens is 1. The Morgan fingerprint density at radius 2 is 1.71 bits per heavy atom. The number of aromatic amines is 1. The zero-order chi connectivity index (χ0) is 21.6. The van der Waals surface area contributed by atoms with Gasteiger partial charge in [-0.15, -0.1) is 0 Å². The van der Waals surface area contributed by atoms with Crippen molar-refractivity contribution in [3.63, 3.8) is 0 Å². The molecule has 0 spiro atoms. The Labute approximate surface area is 167 Å². The zero-order valence-corrected chi connectivity index (χ0v) is 18.3. The van der Waals surface area contributed by atoms with Gasteiger partial charge in [0.1, 0.15) is 17.8 Å². The normalized spacial score (nSPS) is 11.5. The molecule has 1 N–H and O–H groups in total. The number of H-pyrrole nitrogens is 1. The van der Waals surface area contributed by atoms with Crippen molar-refractivity contribution < 1.29 is 23.9 Å². The van der Waals surface area contributed by atoms with E-state index < -0.39 is 17.5 Å². The molecule has 1 aromatic rings. The van der Waals surface area contributed by atoms with Crippen LogP contribution in [0.25, 0.3) is 0 Å². The number of hydrogen-bond donors (Lipinski definition) is 1. The summed E-state index contributed by atoms with van der Waals surface area (Å²) in [7, 11) is 5.09. The highest BCUT2D eigenvalue weighted by atomic mass is 16.6. The summed E-state index contributed by atoms with van der Waals surface area (Å²) in [5, 5.41) is 0. The van der Waals surface area contributed by atoms with Crippen LogP contribution < -0.4 is 0 Å². The topological polar surface area (TPSA) is 91.9 Å². The number of amides is 1. The monoisotopic (exact) mass is 395 g/mol. The van der Waals surface area contributed by atoms with Gasteiger partial charge in [-0.3, -0.25) is 9.59 Å². The molecule has 1 aromatic heterocycles. The summed E-state index contributed by atoms with van der Waals surface area (Å²) < 4.78 is 10.2. The van der Waals surface area contributed by atoms with Crippen molar-refractivity contribution >= 4 is 17.8 Å². The van der Waals surface area contributed by atoms with Crippen LogP contribution in [0.5, 0.6) is 0 Å². The first-order valence-electron chi connectivity index (χ1n) is 9.36. The van der Waals surface area contributed by atoms with Gasteiger partial charge >= 0.3 is 11.9 Å². The molecule has 0 aliphatic rings. The number of hydrogen-bond acceptors (Lipinski definition) is 6. The van der Waals surface area contributed by atoms with Gasteiger partial charge in [0.2, 0.25) is 0 Å². The van der Waals surface area contributed by atoms with Gasteiger partial charge < -0.3 is 24.3 Å². The van der Waals surface area contributed by atoms with Crippen molar-refractivity contribution in [2.75, 3.05) is 40.8 Å². The number of nitrogens with one attached hydrogen (secondary N) is 1. The van der Waals surface area contributed by atoms with Crippen LogP contribution in [-0.4, -0.2) is 79.1 Å². The Balaban J connectivity index is 3.20. The van der Waals surface area contributed by atoms with E-state index in [2.05, 4.69) is 4.98 Å². The number of carbonyl (C=O) groups is 3. The summed E-state index contributed by atoms with van der Waals surface area (Å²) in [6, 6.07) is 0. The highest BCUT2D eigenvalue weighted by Gasteiger charge is 2.28. The zero-order valence-electron chi connectivity index (χ0n) is 18.3. The van der Waals surface area contributed by atoms with E-state index in [1.807, 2.05) is 25.9 Å². The Hall–Kier alpha value is -2.35. The molecular formula is C20H33N3O5. The Morgan fingerprint density at radius 1 is 1.11 bits per heavy atom. The van der Waals surface area contributed by atoms with Crippen LogP contribution in [-0.2, 0) is 20.7 Å². The van der Waals surface area contributed by atoms with Gasteiger partial charge in [0, 0.05) is 18.8 Å². The van der Waals surface area contributed by atoms with Gasteiger partial charge in [-0.05, 0) is 53.8 Å². The highest BCUT2D eigenvalue weighted by molar-refractivity contribution is 6.01. The number of nitrogens with zero attached hydrogens (tertiary/aromatic N) is 2. The van der Waals surface area contributed by atoms with E-state index in [1.54, 1.807) is 27.7 Å². The molecule has 0 aromatic carbocycles. The standard InChI is InChI=1S/C20H33N3O5/c1-9-14-16(19(26)27-8)13(2)17(21-14)18(25)23(11-10-22(6)7)12-15(24)28-20(3,4)5/h21H,9-12H2,1-8H3. The molecule has 0 fully saturated rings. The number of likely N-dealkylation sites (N-methyl/N-ethyl adjacent to an activating group) is 1. The summed E-state index contributed by atoms with van der Waals surface area (Å²) in [5.41, 5.74) is 1.19. The maximum atomic E-state index is 13.2. The fraction of sp³-hybridized carbons (Fsp3) is 0.650. The molecule has 0 aliphatic heterocycles. The third-order valence-electron chi connectivity index (χ3n) is 4.13. The van der Waals surface area contributed by atoms with Gasteiger partial charge in [0.05, 0.1) is 12.7 Å². The van der Waals surface area contributed by atoms with Gasteiger partial charge in [-0.2, -0.15) is 0 Å². The van der Waals surface area contributed by atoms with E-state index in [-0.39, 0.29) is 12.5 Å². The van der Waals surface area contributed by atoms with Crippen LogP contribution in [0.1, 0.15) is 59.8 Å². The number of methoxy groups -OCH3 is 1. The molecule has 158 valence electrons. The van der Waals surface area contributed by atoms with Crippen LogP contribution in [0.3, 0.4) is 0 Å². The molecular weight excluding hydrogens is 362 g/mol.